The molecule has 0 aliphatic rings. The number of fused-ring (bicyclic) bond motifs is 8. The van der Waals surface area contributed by atoms with Gasteiger partial charge in [-0.15, -0.1) is 0 Å². The third kappa shape index (κ3) is 5.75. The summed E-state index contributed by atoms with van der Waals surface area (Å²) in [5.41, 5.74) is 11.8. The summed E-state index contributed by atoms with van der Waals surface area (Å²) in [5, 5.41) is 8.86. The lowest BCUT2D eigenvalue weighted by atomic mass is 9.96. The molecule has 0 saturated carbocycles. The summed E-state index contributed by atoms with van der Waals surface area (Å²) >= 11 is 0. The Morgan fingerprint density at radius 3 is 1.50 bits per heavy atom. The fourth-order valence-corrected chi connectivity index (χ4v) is 9.65. The van der Waals surface area contributed by atoms with Gasteiger partial charge >= 0.3 is 0 Å². The molecule has 0 amide bonds. The van der Waals surface area contributed by atoms with E-state index in [1.165, 1.54) is 21.5 Å². The maximum absolute atomic E-state index is 7.11. The minimum atomic E-state index is 0.537. The van der Waals surface area contributed by atoms with Crippen LogP contribution in [0.2, 0.25) is 0 Å². The molecule has 0 radical (unpaired) electrons. The monoisotopic (exact) mass is 816 g/mol. The quantitative estimate of drug-likeness (QED) is 0.168. The normalized spacial score (nSPS) is 11.8. The average molecular weight is 817 g/mol. The zero-order valence-electron chi connectivity index (χ0n) is 34.5. The van der Waals surface area contributed by atoms with E-state index < -0.39 is 0 Å². The fourth-order valence-electron chi connectivity index (χ4n) is 9.65. The number of rotatable bonds is 6. The molecule has 0 spiro atoms. The number of nitrogens with zero attached hydrogens (tertiary/aromatic N) is 4. The highest BCUT2D eigenvalue weighted by Gasteiger charge is 2.27. The fraction of sp³-hybridized carbons (Fsp3) is 0. The van der Waals surface area contributed by atoms with Crippen LogP contribution in [0.3, 0.4) is 0 Å². The summed E-state index contributed by atoms with van der Waals surface area (Å²) in [6.45, 7) is 0. The van der Waals surface area contributed by atoms with Crippen LogP contribution >= 0.6 is 0 Å². The van der Waals surface area contributed by atoms with E-state index in [-0.39, 0.29) is 0 Å². The third-order valence-electron chi connectivity index (χ3n) is 12.6. The number of hydrogen-bond donors (Lipinski definition) is 0. The predicted molar refractivity (Wildman–Crippen MR) is 264 cm³/mol. The molecule has 0 fully saturated rings. The maximum atomic E-state index is 7.11. The van der Waals surface area contributed by atoms with Gasteiger partial charge in [-0.1, -0.05) is 182 Å². The number of furan rings is 1. The predicted octanol–water partition coefficient (Wildman–Crippen LogP) is 15.5. The van der Waals surface area contributed by atoms with E-state index >= 15 is 0 Å². The van der Waals surface area contributed by atoms with Crippen molar-refractivity contribution in [2.75, 3.05) is 0 Å². The van der Waals surface area contributed by atoms with E-state index in [1.54, 1.807) is 0 Å². The van der Waals surface area contributed by atoms with E-state index in [0.29, 0.717) is 17.5 Å². The van der Waals surface area contributed by atoms with Gasteiger partial charge < -0.3 is 8.98 Å². The Hall–Kier alpha value is -8.67. The number of para-hydroxylation sites is 2. The van der Waals surface area contributed by atoms with Gasteiger partial charge in [-0.3, -0.25) is 0 Å². The van der Waals surface area contributed by atoms with Gasteiger partial charge in [0.05, 0.1) is 27.7 Å². The Morgan fingerprint density at radius 1 is 0.328 bits per heavy atom. The van der Waals surface area contributed by atoms with Crippen molar-refractivity contribution >= 4 is 65.3 Å². The van der Waals surface area contributed by atoms with Crippen LogP contribution in [0.25, 0.3) is 127 Å². The van der Waals surface area contributed by atoms with Crippen LogP contribution in [0.15, 0.2) is 223 Å². The van der Waals surface area contributed by atoms with E-state index in [9.17, 15) is 0 Å². The lowest BCUT2D eigenvalue weighted by Crippen LogP contribution is -2.03. The topological polar surface area (TPSA) is 56.7 Å². The molecule has 3 aromatic heterocycles. The molecule has 5 heteroatoms. The number of aromatic nitrogens is 4. The molecule has 0 N–H and O–H groups in total. The van der Waals surface area contributed by atoms with Crippen molar-refractivity contribution in [3.05, 3.63) is 218 Å². The summed E-state index contributed by atoms with van der Waals surface area (Å²) in [5.74, 6) is 1.69. The van der Waals surface area contributed by atoms with Crippen molar-refractivity contribution in [1.29, 1.82) is 0 Å². The molecule has 0 atom stereocenters. The summed E-state index contributed by atoms with van der Waals surface area (Å²) in [6.07, 6.45) is 0. The first-order valence-corrected chi connectivity index (χ1v) is 21.6. The molecule has 3 heterocycles. The Bertz CT molecular complexity index is 3860. The summed E-state index contributed by atoms with van der Waals surface area (Å²) < 4.78 is 9.56. The number of hydrogen-bond acceptors (Lipinski definition) is 4. The SMILES string of the molecule is c1ccc(-c2cccc(-c3nc(-c4cccc(-c5ccccc5)c4)nc(-c4c5ccccc5c(-n5c6ccccc6c6cc7ccccc7cc65)c5c4oc4ccccc45)n3)c2)cc1. The van der Waals surface area contributed by atoms with Gasteiger partial charge in [0.2, 0.25) is 0 Å². The van der Waals surface area contributed by atoms with Gasteiger partial charge in [-0.05, 0) is 74.8 Å². The van der Waals surface area contributed by atoms with Crippen LogP contribution in [0, 0.1) is 0 Å². The minimum absolute atomic E-state index is 0.537. The molecule has 0 saturated heterocycles. The molecule has 13 rings (SSSR count). The van der Waals surface area contributed by atoms with Crippen LogP contribution in [0.5, 0.6) is 0 Å². The van der Waals surface area contributed by atoms with Crippen molar-refractivity contribution in [2.24, 2.45) is 0 Å². The number of benzene rings is 10. The third-order valence-corrected chi connectivity index (χ3v) is 12.6. The molecule has 298 valence electrons. The molecule has 10 aromatic carbocycles. The second-order valence-electron chi connectivity index (χ2n) is 16.3. The zero-order chi connectivity index (χ0) is 42.1. The summed E-state index contributed by atoms with van der Waals surface area (Å²) in [7, 11) is 0. The highest BCUT2D eigenvalue weighted by atomic mass is 16.3. The Kier molecular flexibility index (Phi) is 8.15. The smallest absolute Gasteiger partial charge is 0.168 e. The van der Waals surface area contributed by atoms with Gasteiger partial charge in [-0.2, -0.15) is 0 Å². The van der Waals surface area contributed by atoms with Crippen molar-refractivity contribution in [2.45, 2.75) is 0 Å². The Balaban J connectivity index is 1.14. The van der Waals surface area contributed by atoms with Crippen LogP contribution < -0.4 is 0 Å². The second kappa shape index (κ2) is 14.5. The van der Waals surface area contributed by atoms with Crippen molar-refractivity contribution < 1.29 is 4.42 Å². The van der Waals surface area contributed by atoms with Crippen LogP contribution in [-0.2, 0) is 0 Å². The molecular formula is C59H36N4O. The highest BCUT2D eigenvalue weighted by Crippen LogP contribution is 2.47. The van der Waals surface area contributed by atoms with E-state index in [2.05, 4.69) is 205 Å². The van der Waals surface area contributed by atoms with Crippen LogP contribution in [0.1, 0.15) is 0 Å². The van der Waals surface area contributed by atoms with Gasteiger partial charge in [-0.25, -0.2) is 15.0 Å². The van der Waals surface area contributed by atoms with E-state index in [0.717, 1.165) is 88.4 Å². The Labute approximate surface area is 368 Å². The molecule has 0 unspecified atom stereocenters. The van der Waals surface area contributed by atoms with Crippen LogP contribution in [0.4, 0.5) is 0 Å². The first kappa shape index (κ1) is 36.0. The Morgan fingerprint density at radius 2 is 0.828 bits per heavy atom. The second-order valence-corrected chi connectivity index (χ2v) is 16.3. The molecule has 0 aliphatic heterocycles. The maximum Gasteiger partial charge on any atom is 0.168 e. The van der Waals surface area contributed by atoms with Crippen LogP contribution in [-0.4, -0.2) is 19.5 Å². The molecule has 64 heavy (non-hydrogen) atoms. The molecule has 13 aromatic rings. The molecule has 5 nitrogen and oxygen atoms in total. The van der Waals surface area contributed by atoms with Gasteiger partial charge in [0.1, 0.15) is 11.2 Å². The summed E-state index contributed by atoms with van der Waals surface area (Å²) in [4.78, 5) is 16.1. The van der Waals surface area contributed by atoms with E-state index in [1.807, 2.05) is 18.2 Å². The molecule has 0 aliphatic carbocycles. The first-order chi connectivity index (χ1) is 31.7. The van der Waals surface area contributed by atoms with E-state index in [4.69, 9.17) is 19.4 Å². The van der Waals surface area contributed by atoms with Gasteiger partial charge in [0, 0.05) is 32.7 Å². The lowest BCUT2D eigenvalue weighted by molar-refractivity contribution is 0.670. The minimum Gasteiger partial charge on any atom is -0.455 e. The first-order valence-electron chi connectivity index (χ1n) is 21.6. The van der Waals surface area contributed by atoms with Gasteiger partial charge in [0.15, 0.2) is 17.5 Å². The highest BCUT2D eigenvalue weighted by molar-refractivity contribution is 6.25. The molecule has 0 bridgehead atoms. The zero-order valence-corrected chi connectivity index (χ0v) is 34.5. The summed E-state index contributed by atoms with van der Waals surface area (Å²) in [6, 6.07) is 76.8. The van der Waals surface area contributed by atoms with Gasteiger partial charge in [0.25, 0.3) is 0 Å². The molecular weight excluding hydrogens is 781 g/mol. The average Bonchev–Trinajstić information content (AvgIpc) is 3.91. The standard InChI is InChI=1S/C59H36N4O/c1-3-17-37(18-4-1)39-23-15-25-43(33-39)57-60-58(44-26-16-24-40(34-44)38-19-5-2-6-20-38)62-59(61-57)54-46-28-9-10-29-47(46)55(53-48-30-12-14-32-52(48)64-56(53)54)63-50-31-13-11-27-45(50)49-35-41-21-7-8-22-42(41)36-51(49)63/h1-36H. The van der Waals surface area contributed by atoms with Crippen molar-refractivity contribution in [1.82, 2.24) is 19.5 Å². The lowest BCUT2D eigenvalue weighted by Gasteiger charge is -2.17. The van der Waals surface area contributed by atoms with Crippen molar-refractivity contribution in [3.8, 4) is 62.1 Å². The van der Waals surface area contributed by atoms with Crippen molar-refractivity contribution in [3.63, 3.8) is 0 Å². The largest absolute Gasteiger partial charge is 0.455 e.